The summed E-state index contributed by atoms with van der Waals surface area (Å²) in [7, 11) is 2.11. The smallest absolute Gasteiger partial charge is 0.241 e. The molecule has 0 spiro atoms. The third kappa shape index (κ3) is 3.37. The Balaban J connectivity index is 1.51. The zero-order valence-corrected chi connectivity index (χ0v) is 14.9. The van der Waals surface area contributed by atoms with Crippen molar-refractivity contribution in [2.75, 3.05) is 20.1 Å². The molecule has 2 aliphatic heterocycles. The van der Waals surface area contributed by atoms with E-state index < -0.39 is 0 Å². The second kappa shape index (κ2) is 6.69. The van der Waals surface area contributed by atoms with E-state index in [-0.39, 0.29) is 18.5 Å². The first kappa shape index (κ1) is 16.4. The Bertz CT molecular complexity index is 796. The highest BCUT2D eigenvalue weighted by Gasteiger charge is 2.24. The molecule has 3 heterocycles. The number of hydrogen-bond donors (Lipinski definition) is 1. The van der Waals surface area contributed by atoms with E-state index in [9.17, 15) is 4.79 Å². The summed E-state index contributed by atoms with van der Waals surface area (Å²) in [5.41, 5.74) is 2.78. The molecule has 4 rings (SSSR count). The lowest BCUT2D eigenvalue weighted by molar-refractivity contribution is -0.122. The van der Waals surface area contributed by atoms with Crippen molar-refractivity contribution in [1.82, 2.24) is 20.0 Å². The molecule has 0 saturated carbocycles. The minimum atomic E-state index is -0.00415. The third-order valence-electron chi connectivity index (χ3n) is 4.87. The van der Waals surface area contributed by atoms with Crippen LogP contribution < -0.4 is 10.1 Å². The van der Waals surface area contributed by atoms with Gasteiger partial charge in [-0.2, -0.15) is 5.10 Å². The SMILES string of the molecule is CN1CCC(NC(=O)Cn2ncc3c2-c2cc(Cl)ccc2OC3)CC1. The highest BCUT2D eigenvalue weighted by Crippen LogP contribution is 2.38. The number of piperidine rings is 1. The van der Waals surface area contributed by atoms with Crippen LogP contribution >= 0.6 is 11.6 Å². The van der Waals surface area contributed by atoms with Gasteiger partial charge in [0.15, 0.2) is 0 Å². The largest absolute Gasteiger partial charge is 0.488 e. The van der Waals surface area contributed by atoms with Gasteiger partial charge in [-0.3, -0.25) is 9.48 Å². The Labute approximate surface area is 151 Å². The number of benzene rings is 1. The topological polar surface area (TPSA) is 59.4 Å². The third-order valence-corrected chi connectivity index (χ3v) is 5.11. The molecule has 25 heavy (non-hydrogen) atoms. The molecule has 1 saturated heterocycles. The summed E-state index contributed by atoms with van der Waals surface area (Å²) < 4.78 is 7.48. The van der Waals surface area contributed by atoms with Gasteiger partial charge < -0.3 is 15.0 Å². The number of fused-ring (bicyclic) bond motifs is 3. The van der Waals surface area contributed by atoms with E-state index in [1.165, 1.54) is 0 Å². The maximum atomic E-state index is 12.5. The average Bonchev–Trinajstić information content (AvgIpc) is 3.00. The summed E-state index contributed by atoms with van der Waals surface area (Å²) >= 11 is 6.14. The first-order chi connectivity index (χ1) is 12.1. The number of amides is 1. The standard InChI is InChI=1S/C18H21ClN4O2/c1-22-6-4-14(5-7-22)21-17(24)10-23-18-12(9-20-23)11-25-16-3-2-13(19)8-15(16)18/h2-3,8-9,14H,4-7,10-11H2,1H3,(H,21,24). The van der Waals surface area contributed by atoms with Crippen LogP contribution in [0.1, 0.15) is 18.4 Å². The molecule has 132 valence electrons. The Morgan fingerprint density at radius 2 is 2.20 bits per heavy atom. The van der Waals surface area contributed by atoms with Gasteiger partial charge >= 0.3 is 0 Å². The molecule has 1 amide bonds. The molecule has 0 bridgehead atoms. The Morgan fingerprint density at radius 1 is 1.40 bits per heavy atom. The van der Waals surface area contributed by atoms with Crippen LogP contribution in [0.3, 0.4) is 0 Å². The van der Waals surface area contributed by atoms with E-state index in [2.05, 4.69) is 22.4 Å². The van der Waals surface area contributed by atoms with Crippen molar-refractivity contribution in [3.63, 3.8) is 0 Å². The molecule has 0 atom stereocenters. The number of likely N-dealkylation sites (tertiary alicyclic amines) is 1. The molecule has 6 nitrogen and oxygen atoms in total. The van der Waals surface area contributed by atoms with E-state index in [0.29, 0.717) is 11.6 Å². The highest BCUT2D eigenvalue weighted by molar-refractivity contribution is 6.31. The number of halogens is 1. The van der Waals surface area contributed by atoms with E-state index in [1.54, 1.807) is 16.9 Å². The quantitative estimate of drug-likeness (QED) is 0.912. The van der Waals surface area contributed by atoms with E-state index in [1.807, 2.05) is 12.1 Å². The highest BCUT2D eigenvalue weighted by atomic mass is 35.5. The lowest BCUT2D eigenvalue weighted by Gasteiger charge is -2.29. The predicted molar refractivity (Wildman–Crippen MR) is 95.7 cm³/mol. The van der Waals surface area contributed by atoms with Crippen molar-refractivity contribution in [3.05, 3.63) is 35.0 Å². The van der Waals surface area contributed by atoms with Crippen molar-refractivity contribution in [2.24, 2.45) is 0 Å². The molecule has 2 aromatic rings. The van der Waals surface area contributed by atoms with Crippen LogP contribution in [0.15, 0.2) is 24.4 Å². The number of carbonyl (C=O) groups is 1. The second-order valence-electron chi connectivity index (χ2n) is 6.75. The summed E-state index contributed by atoms with van der Waals surface area (Å²) in [5, 5.41) is 8.17. The normalized spacial score (nSPS) is 17.5. The molecule has 2 aliphatic rings. The number of nitrogens with zero attached hydrogens (tertiary/aromatic N) is 3. The lowest BCUT2D eigenvalue weighted by atomic mass is 10.0. The van der Waals surface area contributed by atoms with Crippen LogP contribution in [-0.2, 0) is 17.9 Å². The number of carbonyl (C=O) groups excluding carboxylic acids is 1. The van der Waals surface area contributed by atoms with Gasteiger partial charge in [0.2, 0.25) is 5.91 Å². The van der Waals surface area contributed by atoms with Crippen LogP contribution in [0.25, 0.3) is 11.3 Å². The van der Waals surface area contributed by atoms with E-state index in [0.717, 1.165) is 48.5 Å². The van der Waals surface area contributed by atoms with Crippen LogP contribution in [0.4, 0.5) is 0 Å². The summed E-state index contributed by atoms with van der Waals surface area (Å²) in [4.78, 5) is 14.8. The fraction of sp³-hybridized carbons (Fsp3) is 0.444. The van der Waals surface area contributed by atoms with E-state index in [4.69, 9.17) is 16.3 Å². The van der Waals surface area contributed by atoms with Crippen molar-refractivity contribution < 1.29 is 9.53 Å². The number of aromatic nitrogens is 2. The van der Waals surface area contributed by atoms with Gasteiger partial charge in [0.05, 0.1) is 11.9 Å². The second-order valence-corrected chi connectivity index (χ2v) is 7.19. The van der Waals surface area contributed by atoms with Crippen LogP contribution in [0.5, 0.6) is 5.75 Å². The number of rotatable bonds is 3. The fourth-order valence-corrected chi connectivity index (χ4v) is 3.66. The number of hydrogen-bond acceptors (Lipinski definition) is 4. The number of ether oxygens (including phenoxy) is 1. The minimum Gasteiger partial charge on any atom is -0.488 e. The number of nitrogens with one attached hydrogen (secondary N) is 1. The molecule has 1 aromatic heterocycles. The zero-order valence-electron chi connectivity index (χ0n) is 14.2. The molecular weight excluding hydrogens is 340 g/mol. The Kier molecular flexibility index (Phi) is 4.39. The summed E-state index contributed by atoms with van der Waals surface area (Å²) in [6.07, 6.45) is 3.75. The van der Waals surface area contributed by atoms with Gasteiger partial charge in [0, 0.05) is 22.2 Å². The Hall–Kier alpha value is -2.05. The fourth-order valence-electron chi connectivity index (χ4n) is 3.49. The van der Waals surface area contributed by atoms with Crippen LogP contribution in [0, 0.1) is 0 Å². The molecular formula is C18H21ClN4O2. The molecule has 1 fully saturated rings. The predicted octanol–water partition coefficient (Wildman–Crippen LogP) is 2.31. The summed E-state index contributed by atoms with van der Waals surface area (Å²) in [6.45, 7) is 2.70. The maximum absolute atomic E-state index is 12.5. The summed E-state index contributed by atoms with van der Waals surface area (Å²) in [5.74, 6) is 0.768. The molecule has 0 aliphatic carbocycles. The van der Waals surface area contributed by atoms with Crippen molar-refractivity contribution in [2.45, 2.75) is 32.0 Å². The van der Waals surface area contributed by atoms with Gasteiger partial charge in [-0.15, -0.1) is 0 Å². The molecule has 1 aromatic carbocycles. The zero-order chi connectivity index (χ0) is 17.4. The molecule has 0 unspecified atom stereocenters. The molecule has 0 radical (unpaired) electrons. The minimum absolute atomic E-state index is 0.00415. The van der Waals surface area contributed by atoms with Crippen molar-refractivity contribution in [1.29, 1.82) is 0 Å². The van der Waals surface area contributed by atoms with Crippen molar-refractivity contribution >= 4 is 17.5 Å². The first-order valence-corrected chi connectivity index (χ1v) is 8.93. The van der Waals surface area contributed by atoms with Crippen molar-refractivity contribution in [3.8, 4) is 17.0 Å². The van der Waals surface area contributed by atoms with Crippen LogP contribution in [0.2, 0.25) is 5.02 Å². The molecule has 1 N–H and O–H groups in total. The van der Waals surface area contributed by atoms with Gasteiger partial charge in [-0.05, 0) is 51.2 Å². The van der Waals surface area contributed by atoms with Crippen LogP contribution in [-0.4, -0.2) is 46.8 Å². The average molecular weight is 361 g/mol. The van der Waals surface area contributed by atoms with Gasteiger partial charge in [-0.1, -0.05) is 11.6 Å². The lowest BCUT2D eigenvalue weighted by Crippen LogP contribution is -2.44. The van der Waals surface area contributed by atoms with Gasteiger partial charge in [-0.25, -0.2) is 0 Å². The van der Waals surface area contributed by atoms with E-state index >= 15 is 0 Å². The summed E-state index contributed by atoms with van der Waals surface area (Å²) in [6, 6.07) is 5.78. The monoisotopic (exact) mass is 360 g/mol. The van der Waals surface area contributed by atoms with Gasteiger partial charge in [0.25, 0.3) is 0 Å². The molecule has 7 heteroatoms. The first-order valence-electron chi connectivity index (χ1n) is 8.55. The Morgan fingerprint density at radius 3 is 3.00 bits per heavy atom. The van der Waals surface area contributed by atoms with Gasteiger partial charge in [0.1, 0.15) is 18.9 Å². The maximum Gasteiger partial charge on any atom is 0.241 e.